The van der Waals surface area contributed by atoms with E-state index in [1.165, 1.54) is 16.7 Å². The average molecular weight is 130 g/mol. The Morgan fingerprint density at radius 3 is 1.88 bits per heavy atom. The highest BCUT2D eigenvalue weighted by molar-refractivity contribution is 6.14. The van der Waals surface area contributed by atoms with Gasteiger partial charge in [0.05, 0.1) is 0 Å². The van der Waals surface area contributed by atoms with Crippen molar-refractivity contribution in [1.82, 2.24) is 0 Å². The van der Waals surface area contributed by atoms with Crippen molar-refractivity contribution in [2.75, 3.05) is 0 Å². The molecule has 0 aliphatic rings. The van der Waals surface area contributed by atoms with Gasteiger partial charge in [-0.25, -0.2) is 0 Å². The fraction of sp³-hybridized carbons (Fsp3) is 1.00. The maximum atomic E-state index is 2.35. The summed E-state index contributed by atoms with van der Waals surface area (Å²) in [5.74, 6) is 0.911. The largest absolute Gasteiger partial charge is 0.0651 e. The SMILES string of the molecule is CCC(C)C(C)(C)[SiH3]. The van der Waals surface area contributed by atoms with Crippen molar-refractivity contribution in [2.24, 2.45) is 5.92 Å². The Hall–Kier alpha value is 0.217. The minimum atomic E-state index is 0.648. The zero-order chi connectivity index (χ0) is 6.78. The van der Waals surface area contributed by atoms with Crippen molar-refractivity contribution in [3.05, 3.63) is 0 Å². The molecule has 0 aromatic carbocycles. The van der Waals surface area contributed by atoms with Gasteiger partial charge in [-0.3, -0.25) is 0 Å². The highest BCUT2D eigenvalue weighted by atomic mass is 28.1. The van der Waals surface area contributed by atoms with Gasteiger partial charge in [-0.1, -0.05) is 34.1 Å². The van der Waals surface area contributed by atoms with Gasteiger partial charge in [0.25, 0.3) is 0 Å². The molecule has 0 aromatic rings. The first-order valence-corrected chi connectivity index (χ1v) is 4.48. The molecule has 0 aliphatic carbocycles. The lowest BCUT2D eigenvalue weighted by Crippen LogP contribution is -2.12. The number of hydrogen-bond donors (Lipinski definition) is 0. The lowest BCUT2D eigenvalue weighted by molar-refractivity contribution is 0.428. The van der Waals surface area contributed by atoms with E-state index >= 15 is 0 Å². The Balaban J connectivity index is 3.62. The van der Waals surface area contributed by atoms with Crippen LogP contribution in [0.4, 0.5) is 0 Å². The standard InChI is InChI=1S/C7H18Si/c1-5-6(2)7(3,4)8/h6H,5H2,1-4,8H3. The highest BCUT2D eigenvalue weighted by Gasteiger charge is 2.16. The molecule has 0 saturated carbocycles. The van der Waals surface area contributed by atoms with E-state index in [-0.39, 0.29) is 0 Å². The minimum absolute atomic E-state index is 0.648. The van der Waals surface area contributed by atoms with E-state index in [1.807, 2.05) is 0 Å². The second-order valence-corrected chi connectivity index (χ2v) is 6.25. The van der Waals surface area contributed by atoms with Crippen LogP contribution in [0.3, 0.4) is 0 Å². The summed E-state index contributed by atoms with van der Waals surface area (Å²) in [7, 11) is 1.32. The average Bonchev–Trinajstić information content (AvgIpc) is 1.62. The number of hydrogen-bond acceptors (Lipinski definition) is 0. The quantitative estimate of drug-likeness (QED) is 0.498. The summed E-state index contributed by atoms with van der Waals surface area (Å²) >= 11 is 0. The molecular formula is C7H18Si. The molecular weight excluding hydrogens is 112 g/mol. The Kier molecular flexibility index (Phi) is 2.74. The van der Waals surface area contributed by atoms with Crippen LogP contribution >= 0.6 is 0 Å². The Bertz CT molecular complexity index is 61.3. The number of rotatable bonds is 2. The van der Waals surface area contributed by atoms with E-state index in [9.17, 15) is 0 Å². The molecule has 0 amide bonds. The van der Waals surface area contributed by atoms with E-state index < -0.39 is 0 Å². The maximum absolute atomic E-state index is 2.35. The van der Waals surface area contributed by atoms with Gasteiger partial charge < -0.3 is 0 Å². The van der Waals surface area contributed by atoms with Crippen molar-refractivity contribution in [2.45, 2.75) is 39.2 Å². The normalized spacial score (nSPS) is 16.5. The molecule has 1 atom stereocenters. The fourth-order valence-electron chi connectivity index (χ4n) is 0.612. The summed E-state index contributed by atoms with van der Waals surface area (Å²) < 4.78 is 0. The maximum Gasteiger partial charge on any atom is 0.0103 e. The van der Waals surface area contributed by atoms with E-state index in [0.717, 1.165) is 5.92 Å². The van der Waals surface area contributed by atoms with Crippen LogP contribution in [0.1, 0.15) is 34.1 Å². The van der Waals surface area contributed by atoms with E-state index in [1.54, 1.807) is 0 Å². The molecule has 8 heavy (non-hydrogen) atoms. The topological polar surface area (TPSA) is 0 Å². The zero-order valence-corrected chi connectivity index (χ0v) is 8.78. The zero-order valence-electron chi connectivity index (χ0n) is 6.78. The minimum Gasteiger partial charge on any atom is -0.0651 e. The van der Waals surface area contributed by atoms with Crippen molar-refractivity contribution in [3.63, 3.8) is 0 Å². The molecule has 0 aromatic heterocycles. The van der Waals surface area contributed by atoms with Gasteiger partial charge in [0, 0.05) is 10.2 Å². The van der Waals surface area contributed by atoms with Crippen molar-refractivity contribution >= 4 is 10.2 Å². The van der Waals surface area contributed by atoms with Gasteiger partial charge in [0.15, 0.2) is 0 Å². The first kappa shape index (κ1) is 8.22. The van der Waals surface area contributed by atoms with E-state index in [4.69, 9.17) is 0 Å². The van der Waals surface area contributed by atoms with Crippen LogP contribution in [0.25, 0.3) is 0 Å². The fourth-order valence-corrected chi connectivity index (χ4v) is 1.02. The first-order chi connectivity index (χ1) is 3.48. The second-order valence-electron chi connectivity index (χ2n) is 3.68. The van der Waals surface area contributed by atoms with Gasteiger partial charge in [0.2, 0.25) is 0 Å². The predicted octanol–water partition coefficient (Wildman–Crippen LogP) is 1.60. The molecule has 0 bridgehead atoms. The summed E-state index contributed by atoms with van der Waals surface area (Å²) in [5, 5.41) is 0.648. The first-order valence-electron chi connectivity index (χ1n) is 3.48. The third-order valence-electron chi connectivity index (χ3n) is 2.09. The summed E-state index contributed by atoms with van der Waals surface area (Å²) in [6.45, 7) is 9.32. The molecule has 0 radical (unpaired) electrons. The lowest BCUT2D eigenvalue weighted by atomic mass is 9.94. The van der Waals surface area contributed by atoms with Crippen LogP contribution in [0, 0.1) is 5.92 Å². The molecule has 0 spiro atoms. The van der Waals surface area contributed by atoms with Gasteiger partial charge >= 0.3 is 0 Å². The van der Waals surface area contributed by atoms with Gasteiger partial charge in [-0.05, 0) is 11.0 Å². The lowest BCUT2D eigenvalue weighted by Gasteiger charge is -2.25. The Morgan fingerprint density at radius 2 is 1.88 bits per heavy atom. The molecule has 0 N–H and O–H groups in total. The van der Waals surface area contributed by atoms with Crippen molar-refractivity contribution in [3.8, 4) is 0 Å². The van der Waals surface area contributed by atoms with Crippen molar-refractivity contribution < 1.29 is 0 Å². The molecule has 1 heteroatoms. The van der Waals surface area contributed by atoms with Crippen LogP contribution in [0.15, 0.2) is 0 Å². The summed E-state index contributed by atoms with van der Waals surface area (Å²) in [6, 6.07) is 0. The van der Waals surface area contributed by atoms with Gasteiger partial charge in [-0.15, -0.1) is 0 Å². The highest BCUT2D eigenvalue weighted by Crippen LogP contribution is 2.31. The third kappa shape index (κ3) is 2.51. The van der Waals surface area contributed by atoms with Crippen LogP contribution in [-0.4, -0.2) is 10.2 Å². The molecule has 0 heterocycles. The summed E-state index contributed by atoms with van der Waals surface area (Å²) in [6.07, 6.45) is 1.33. The van der Waals surface area contributed by atoms with E-state index in [0.29, 0.717) is 5.04 Å². The summed E-state index contributed by atoms with van der Waals surface area (Å²) in [5.41, 5.74) is 0. The van der Waals surface area contributed by atoms with Crippen LogP contribution < -0.4 is 0 Å². The molecule has 0 rings (SSSR count). The molecule has 0 aliphatic heterocycles. The smallest absolute Gasteiger partial charge is 0.0103 e. The molecule has 0 nitrogen and oxygen atoms in total. The Labute approximate surface area is 56.1 Å². The molecule has 1 unspecified atom stereocenters. The van der Waals surface area contributed by atoms with Gasteiger partial charge in [-0.2, -0.15) is 0 Å². The van der Waals surface area contributed by atoms with Gasteiger partial charge in [0.1, 0.15) is 0 Å². The monoisotopic (exact) mass is 130 g/mol. The van der Waals surface area contributed by atoms with Crippen LogP contribution in [0.2, 0.25) is 5.04 Å². The summed E-state index contributed by atoms with van der Waals surface area (Å²) in [4.78, 5) is 0. The molecule has 50 valence electrons. The third-order valence-corrected chi connectivity index (χ3v) is 3.08. The van der Waals surface area contributed by atoms with E-state index in [2.05, 4.69) is 27.7 Å². The van der Waals surface area contributed by atoms with Crippen LogP contribution in [0.5, 0.6) is 0 Å². The van der Waals surface area contributed by atoms with Crippen LogP contribution in [-0.2, 0) is 0 Å². The molecule has 0 fully saturated rings. The Morgan fingerprint density at radius 1 is 1.50 bits per heavy atom. The second kappa shape index (κ2) is 2.67. The van der Waals surface area contributed by atoms with Crippen molar-refractivity contribution in [1.29, 1.82) is 0 Å². The molecule has 0 saturated heterocycles. The predicted molar refractivity (Wildman–Crippen MR) is 43.4 cm³/mol.